The second kappa shape index (κ2) is 10.9. The summed E-state index contributed by atoms with van der Waals surface area (Å²) in [6.45, 7) is 1.81. The Bertz CT molecular complexity index is 1420. The van der Waals surface area contributed by atoms with Gasteiger partial charge in [-0.25, -0.2) is 13.8 Å². The Morgan fingerprint density at radius 3 is 2.33 bits per heavy atom. The van der Waals surface area contributed by atoms with Crippen LogP contribution in [0.5, 0.6) is 11.6 Å². The number of rotatable bonds is 8. The zero-order chi connectivity index (χ0) is 25.7. The summed E-state index contributed by atoms with van der Waals surface area (Å²) >= 11 is 0. The molecule has 0 saturated carbocycles. The molecule has 1 atom stereocenters. The van der Waals surface area contributed by atoms with Crippen molar-refractivity contribution in [1.82, 2.24) is 14.9 Å². The zero-order valence-electron chi connectivity index (χ0n) is 19.7. The number of ether oxygens (including phenoxy) is 1. The molecule has 184 valence electrons. The number of halogens is 2. The molecule has 0 aliphatic carbocycles. The molecule has 0 bridgehead atoms. The monoisotopic (exact) mass is 490 g/mol. The van der Waals surface area contributed by atoms with E-state index in [2.05, 4.69) is 15.6 Å². The van der Waals surface area contributed by atoms with Crippen LogP contribution in [0.4, 0.5) is 14.5 Å². The first-order valence-corrected chi connectivity index (χ1v) is 11.2. The number of pyridine rings is 2. The van der Waals surface area contributed by atoms with E-state index in [0.29, 0.717) is 22.6 Å². The lowest BCUT2D eigenvalue weighted by molar-refractivity contribution is -0.117. The van der Waals surface area contributed by atoms with E-state index in [0.717, 1.165) is 0 Å². The van der Waals surface area contributed by atoms with Crippen LogP contribution in [-0.2, 0) is 11.3 Å². The Kier molecular flexibility index (Phi) is 7.50. The average molecular weight is 491 g/mol. The minimum Gasteiger partial charge on any atom is -0.439 e. The molecule has 2 aromatic heterocycles. The number of benzene rings is 2. The van der Waals surface area contributed by atoms with Gasteiger partial charge in [-0.15, -0.1) is 0 Å². The first kappa shape index (κ1) is 24.7. The molecule has 0 radical (unpaired) electrons. The molecule has 2 N–H and O–H groups in total. The van der Waals surface area contributed by atoms with E-state index >= 15 is 0 Å². The third kappa shape index (κ3) is 5.81. The van der Waals surface area contributed by atoms with Gasteiger partial charge in [0, 0.05) is 12.3 Å². The fraction of sp³-hybridized carbons (Fsp3) is 0.148. The van der Waals surface area contributed by atoms with E-state index < -0.39 is 17.4 Å². The normalized spacial score (nSPS) is 11.7. The van der Waals surface area contributed by atoms with E-state index in [9.17, 15) is 18.4 Å². The highest BCUT2D eigenvalue weighted by Gasteiger charge is 2.16. The molecule has 0 spiro atoms. The summed E-state index contributed by atoms with van der Waals surface area (Å²) in [5, 5.41) is 5.49. The van der Waals surface area contributed by atoms with Crippen LogP contribution in [0, 0.1) is 11.6 Å². The van der Waals surface area contributed by atoms with E-state index in [-0.39, 0.29) is 29.8 Å². The van der Waals surface area contributed by atoms with Crippen molar-refractivity contribution in [3.05, 3.63) is 107 Å². The van der Waals surface area contributed by atoms with E-state index in [4.69, 9.17) is 4.74 Å². The van der Waals surface area contributed by atoms with Crippen molar-refractivity contribution in [2.45, 2.75) is 19.5 Å². The third-order valence-corrected chi connectivity index (χ3v) is 5.57. The summed E-state index contributed by atoms with van der Waals surface area (Å²) in [7, 11) is 1.65. The van der Waals surface area contributed by atoms with Crippen LogP contribution in [0.15, 0.2) is 83.8 Å². The van der Waals surface area contributed by atoms with Crippen LogP contribution in [-0.4, -0.2) is 28.5 Å². The minimum absolute atomic E-state index is 0.116. The maximum absolute atomic E-state index is 13.5. The number of aromatic nitrogens is 2. The van der Waals surface area contributed by atoms with Crippen molar-refractivity contribution in [2.24, 2.45) is 0 Å². The van der Waals surface area contributed by atoms with Gasteiger partial charge in [0.05, 0.1) is 18.3 Å². The summed E-state index contributed by atoms with van der Waals surface area (Å²) in [6.07, 6.45) is 1.54. The third-order valence-electron chi connectivity index (χ3n) is 5.57. The van der Waals surface area contributed by atoms with Gasteiger partial charge < -0.3 is 19.9 Å². The first-order valence-electron chi connectivity index (χ1n) is 11.2. The lowest BCUT2D eigenvalue weighted by Crippen LogP contribution is -2.37. The van der Waals surface area contributed by atoms with Crippen molar-refractivity contribution in [2.75, 3.05) is 12.4 Å². The molecule has 0 saturated heterocycles. The fourth-order valence-corrected chi connectivity index (χ4v) is 3.49. The van der Waals surface area contributed by atoms with Crippen LogP contribution in [0.25, 0.3) is 11.3 Å². The Balaban J connectivity index is 1.70. The highest BCUT2D eigenvalue weighted by Crippen LogP contribution is 2.23. The number of nitrogens with one attached hydrogen (secondary N) is 2. The SMILES string of the molecule is CN[C@@H](C)C(=O)Nc1ccc(-c2ccc(F)cc2)n(Cc2ccnc(Oc3ccc(F)cc3)c2)c1=O. The smallest absolute Gasteiger partial charge is 0.275 e. The number of anilines is 1. The number of likely N-dealkylation sites (N-methyl/N-ethyl adjacent to an activating group) is 1. The van der Waals surface area contributed by atoms with Crippen molar-refractivity contribution in [1.29, 1.82) is 0 Å². The number of carbonyl (C=O) groups excluding carboxylic acids is 1. The van der Waals surface area contributed by atoms with Gasteiger partial charge >= 0.3 is 0 Å². The Morgan fingerprint density at radius 2 is 1.67 bits per heavy atom. The van der Waals surface area contributed by atoms with Gasteiger partial charge in [0.1, 0.15) is 23.1 Å². The van der Waals surface area contributed by atoms with Crippen LogP contribution in [0.3, 0.4) is 0 Å². The molecule has 2 heterocycles. The highest BCUT2D eigenvalue weighted by atomic mass is 19.1. The van der Waals surface area contributed by atoms with Gasteiger partial charge in [-0.05, 0) is 91.8 Å². The number of hydrogen-bond acceptors (Lipinski definition) is 5. The van der Waals surface area contributed by atoms with Gasteiger partial charge in [0.15, 0.2) is 0 Å². The molecular weight excluding hydrogens is 466 g/mol. The summed E-state index contributed by atoms with van der Waals surface area (Å²) in [5.74, 6) is -0.451. The molecule has 0 unspecified atom stereocenters. The molecule has 1 amide bonds. The van der Waals surface area contributed by atoms with Crippen molar-refractivity contribution in [3.63, 3.8) is 0 Å². The minimum atomic E-state index is -0.499. The summed E-state index contributed by atoms with van der Waals surface area (Å²) in [4.78, 5) is 30.0. The maximum atomic E-state index is 13.5. The molecule has 2 aromatic carbocycles. The molecule has 4 rings (SSSR count). The van der Waals surface area contributed by atoms with Gasteiger partial charge in [-0.2, -0.15) is 0 Å². The topological polar surface area (TPSA) is 85.2 Å². The lowest BCUT2D eigenvalue weighted by atomic mass is 10.1. The standard InChI is InChI=1S/C27H24F2N4O3/c1-17(30-2)26(34)32-23-11-12-24(19-3-5-20(28)6-4-19)33(27(23)35)16-18-13-14-31-25(15-18)36-22-9-7-21(29)8-10-22/h3-15,17,30H,16H2,1-2H3,(H,32,34)/t17-/m0/s1. The largest absolute Gasteiger partial charge is 0.439 e. The highest BCUT2D eigenvalue weighted by molar-refractivity contribution is 5.94. The molecule has 36 heavy (non-hydrogen) atoms. The fourth-order valence-electron chi connectivity index (χ4n) is 3.49. The molecule has 4 aromatic rings. The number of nitrogens with zero attached hydrogens (tertiary/aromatic N) is 2. The quantitative estimate of drug-likeness (QED) is 0.378. The van der Waals surface area contributed by atoms with Gasteiger partial charge in [0.25, 0.3) is 5.56 Å². The second-order valence-electron chi connectivity index (χ2n) is 8.09. The Morgan fingerprint density at radius 1 is 1.00 bits per heavy atom. The average Bonchev–Trinajstić information content (AvgIpc) is 2.88. The Labute approximate surface area is 206 Å². The van der Waals surface area contributed by atoms with Crippen molar-refractivity contribution < 1.29 is 18.3 Å². The van der Waals surface area contributed by atoms with Crippen LogP contribution < -0.4 is 20.9 Å². The summed E-state index contributed by atoms with van der Waals surface area (Å²) in [5.41, 5.74) is 1.56. The summed E-state index contributed by atoms with van der Waals surface area (Å²) in [6, 6.07) is 17.5. The predicted molar refractivity (Wildman–Crippen MR) is 133 cm³/mol. The maximum Gasteiger partial charge on any atom is 0.275 e. The molecule has 0 fully saturated rings. The molecule has 0 aliphatic heterocycles. The van der Waals surface area contributed by atoms with Crippen LogP contribution in [0.2, 0.25) is 0 Å². The first-order chi connectivity index (χ1) is 17.3. The molecule has 0 aliphatic rings. The number of hydrogen-bond donors (Lipinski definition) is 2. The van der Waals surface area contributed by atoms with Crippen molar-refractivity contribution >= 4 is 11.6 Å². The summed E-state index contributed by atoms with van der Waals surface area (Å²) < 4.78 is 33.9. The number of carbonyl (C=O) groups is 1. The van der Waals surface area contributed by atoms with Gasteiger partial charge in [-0.1, -0.05) is 0 Å². The van der Waals surface area contributed by atoms with Crippen LogP contribution in [0.1, 0.15) is 12.5 Å². The molecule has 7 nitrogen and oxygen atoms in total. The number of amides is 1. The van der Waals surface area contributed by atoms with Crippen molar-refractivity contribution in [3.8, 4) is 22.9 Å². The molecule has 9 heteroatoms. The Hall–Kier alpha value is -4.37. The second-order valence-corrected chi connectivity index (χ2v) is 8.09. The zero-order valence-corrected chi connectivity index (χ0v) is 19.7. The lowest BCUT2D eigenvalue weighted by Gasteiger charge is -2.17. The molecular formula is C27H24F2N4O3. The van der Waals surface area contributed by atoms with Crippen LogP contribution >= 0.6 is 0 Å². The van der Waals surface area contributed by atoms with Gasteiger partial charge in [-0.3, -0.25) is 9.59 Å². The van der Waals surface area contributed by atoms with E-state index in [1.165, 1.54) is 53.2 Å². The van der Waals surface area contributed by atoms with E-state index in [1.807, 2.05) is 0 Å². The van der Waals surface area contributed by atoms with Gasteiger partial charge in [0.2, 0.25) is 11.8 Å². The van der Waals surface area contributed by atoms with E-state index in [1.54, 1.807) is 44.3 Å². The predicted octanol–water partition coefficient (Wildman–Crippen LogP) is 4.58.